The second-order valence-electron chi connectivity index (χ2n) is 7.33. The van der Waals surface area contributed by atoms with Gasteiger partial charge < -0.3 is 10.1 Å². The van der Waals surface area contributed by atoms with E-state index in [1.165, 1.54) is 22.6 Å². The maximum atomic E-state index is 12.8. The Balaban J connectivity index is 1.51. The first-order chi connectivity index (χ1) is 14.4. The summed E-state index contributed by atoms with van der Waals surface area (Å²) in [6, 6.07) is 3.93. The van der Waals surface area contributed by atoms with Crippen molar-refractivity contribution in [1.29, 1.82) is 0 Å². The quantitative estimate of drug-likeness (QED) is 0.665. The van der Waals surface area contributed by atoms with E-state index in [-0.39, 0.29) is 6.54 Å². The molecule has 30 heavy (non-hydrogen) atoms. The van der Waals surface area contributed by atoms with Gasteiger partial charge in [-0.05, 0) is 35.2 Å². The largest absolute Gasteiger partial charge is 0.495 e. The van der Waals surface area contributed by atoms with Crippen molar-refractivity contribution in [2.24, 2.45) is 4.99 Å². The lowest BCUT2D eigenvalue weighted by atomic mass is 10.0. The first kappa shape index (κ1) is 19.3. The summed E-state index contributed by atoms with van der Waals surface area (Å²) in [5.74, 6) is 1.32. The van der Waals surface area contributed by atoms with Crippen LogP contribution in [0.4, 0.5) is 24.7 Å². The van der Waals surface area contributed by atoms with Crippen LogP contribution in [0.1, 0.15) is 21.6 Å². The molecule has 1 N–H and O–H groups in total. The molecule has 0 bridgehead atoms. The molecule has 0 saturated carbocycles. The fourth-order valence-electron chi connectivity index (χ4n) is 4.00. The zero-order valence-electron chi connectivity index (χ0n) is 16.1. The predicted octanol–water partition coefficient (Wildman–Crippen LogP) is 4.30. The number of benzene rings is 1. The SMILES string of the molecule is COc1cc2c(cc1Nc1ncnc3sc4c(c13)CCN(CC(F)(F)F)C4)C=NC2. The Morgan fingerprint density at radius 1 is 1.27 bits per heavy atom. The second kappa shape index (κ2) is 7.21. The number of halogens is 3. The Morgan fingerprint density at radius 3 is 2.93 bits per heavy atom. The van der Waals surface area contributed by atoms with Crippen molar-refractivity contribution in [3.05, 3.63) is 40.0 Å². The normalized spacial score (nSPS) is 16.0. The lowest BCUT2D eigenvalue weighted by Gasteiger charge is -2.27. The van der Waals surface area contributed by atoms with Gasteiger partial charge >= 0.3 is 6.18 Å². The van der Waals surface area contributed by atoms with E-state index < -0.39 is 12.7 Å². The summed E-state index contributed by atoms with van der Waals surface area (Å²) in [5, 5.41) is 4.23. The third-order valence-electron chi connectivity index (χ3n) is 5.33. The highest BCUT2D eigenvalue weighted by molar-refractivity contribution is 7.19. The molecule has 4 heterocycles. The molecule has 6 nitrogen and oxygen atoms in total. The Bertz CT molecular complexity index is 1160. The van der Waals surface area contributed by atoms with Crippen LogP contribution in [0.15, 0.2) is 23.5 Å². The van der Waals surface area contributed by atoms with Gasteiger partial charge in [0.25, 0.3) is 0 Å². The molecular formula is C20H18F3N5OS. The summed E-state index contributed by atoms with van der Waals surface area (Å²) in [4.78, 5) is 16.2. The molecule has 0 saturated heterocycles. The molecule has 2 aromatic heterocycles. The first-order valence-corrected chi connectivity index (χ1v) is 10.2. The summed E-state index contributed by atoms with van der Waals surface area (Å²) < 4.78 is 43.9. The minimum atomic E-state index is -4.20. The van der Waals surface area contributed by atoms with Gasteiger partial charge in [-0.25, -0.2) is 9.97 Å². The molecule has 0 unspecified atom stereocenters. The lowest BCUT2D eigenvalue weighted by Crippen LogP contribution is -2.37. The van der Waals surface area contributed by atoms with E-state index in [1.54, 1.807) is 7.11 Å². The van der Waals surface area contributed by atoms with E-state index in [9.17, 15) is 13.2 Å². The number of nitrogens with zero attached hydrogens (tertiary/aromatic N) is 4. The highest BCUT2D eigenvalue weighted by Gasteiger charge is 2.33. The average molecular weight is 433 g/mol. The Labute approximate surface area is 174 Å². The molecule has 5 rings (SSSR count). The van der Waals surface area contributed by atoms with Crippen LogP contribution in [0.2, 0.25) is 0 Å². The summed E-state index contributed by atoms with van der Waals surface area (Å²) in [6.07, 6.45) is -0.367. The molecule has 0 spiro atoms. The molecule has 0 fully saturated rings. The van der Waals surface area contributed by atoms with Crippen molar-refractivity contribution in [3.63, 3.8) is 0 Å². The number of rotatable bonds is 4. The molecular weight excluding hydrogens is 415 g/mol. The van der Waals surface area contributed by atoms with Gasteiger partial charge in [0.2, 0.25) is 0 Å². The Morgan fingerprint density at radius 2 is 2.13 bits per heavy atom. The van der Waals surface area contributed by atoms with E-state index in [1.807, 2.05) is 18.3 Å². The van der Waals surface area contributed by atoms with Crippen molar-refractivity contribution >= 4 is 39.3 Å². The van der Waals surface area contributed by atoms with Crippen LogP contribution in [0.3, 0.4) is 0 Å². The number of aromatic nitrogens is 2. The number of alkyl halides is 3. The molecule has 10 heteroatoms. The van der Waals surface area contributed by atoms with Gasteiger partial charge in [-0.2, -0.15) is 13.2 Å². The van der Waals surface area contributed by atoms with E-state index >= 15 is 0 Å². The molecule has 2 aliphatic rings. The molecule has 156 valence electrons. The topological polar surface area (TPSA) is 62.6 Å². The molecule has 1 aromatic carbocycles. The molecule has 0 aliphatic carbocycles. The van der Waals surface area contributed by atoms with Crippen molar-refractivity contribution in [1.82, 2.24) is 14.9 Å². The third-order valence-corrected chi connectivity index (χ3v) is 6.45. The van der Waals surface area contributed by atoms with Gasteiger partial charge in [-0.15, -0.1) is 11.3 Å². The van der Waals surface area contributed by atoms with E-state index in [4.69, 9.17) is 4.74 Å². The standard InChI is InChI=1S/C20H18F3N5OS/c1-29-15-5-12-7-24-6-11(12)4-14(15)27-18-17-13-2-3-28(9-20(21,22)23)8-16(13)30-19(17)26-10-25-18/h4-6,10H,2-3,7-9H2,1H3,(H,25,26,27). The van der Waals surface area contributed by atoms with E-state index in [0.717, 1.165) is 37.5 Å². The number of thiophene rings is 1. The maximum Gasteiger partial charge on any atom is 0.401 e. The van der Waals surface area contributed by atoms with E-state index in [2.05, 4.69) is 20.3 Å². The lowest BCUT2D eigenvalue weighted by molar-refractivity contribution is -0.147. The van der Waals surface area contributed by atoms with Gasteiger partial charge in [0.15, 0.2) is 0 Å². The Hall–Kier alpha value is -2.72. The summed E-state index contributed by atoms with van der Waals surface area (Å²) >= 11 is 1.43. The fourth-order valence-corrected chi connectivity index (χ4v) is 5.23. The third kappa shape index (κ3) is 3.50. The number of aliphatic imine (C=N–C) groups is 1. The number of hydrogen-bond donors (Lipinski definition) is 1. The smallest absolute Gasteiger partial charge is 0.401 e. The predicted molar refractivity (Wildman–Crippen MR) is 110 cm³/mol. The van der Waals surface area contributed by atoms with Crippen molar-refractivity contribution < 1.29 is 17.9 Å². The summed E-state index contributed by atoms with van der Waals surface area (Å²) in [5.41, 5.74) is 3.92. The van der Waals surface area contributed by atoms with E-state index in [0.29, 0.717) is 31.1 Å². The molecule has 2 aliphatic heterocycles. The summed E-state index contributed by atoms with van der Waals surface area (Å²) in [7, 11) is 1.61. The van der Waals surface area contributed by atoms with Gasteiger partial charge in [0.1, 0.15) is 22.7 Å². The van der Waals surface area contributed by atoms with Crippen LogP contribution >= 0.6 is 11.3 Å². The number of ether oxygens (including phenoxy) is 1. The summed E-state index contributed by atoms with van der Waals surface area (Å²) in [6.45, 7) is 0.362. The number of anilines is 2. The van der Waals surface area contributed by atoms with Crippen LogP contribution in [-0.4, -0.2) is 47.5 Å². The fraction of sp³-hybridized carbons (Fsp3) is 0.350. The minimum absolute atomic E-state index is 0.272. The number of methoxy groups -OCH3 is 1. The molecule has 3 aromatic rings. The van der Waals surface area contributed by atoms with Crippen LogP contribution in [0.25, 0.3) is 10.2 Å². The number of fused-ring (bicyclic) bond motifs is 4. The monoisotopic (exact) mass is 433 g/mol. The zero-order valence-corrected chi connectivity index (χ0v) is 16.9. The number of hydrogen-bond acceptors (Lipinski definition) is 7. The highest BCUT2D eigenvalue weighted by Crippen LogP contribution is 2.40. The maximum absolute atomic E-state index is 12.8. The van der Waals surface area contributed by atoms with Crippen molar-refractivity contribution in [2.75, 3.05) is 25.5 Å². The average Bonchev–Trinajstić information content (AvgIpc) is 3.29. The molecule has 0 radical (unpaired) electrons. The van der Waals surface area contributed by atoms with Crippen molar-refractivity contribution in [2.45, 2.75) is 25.7 Å². The van der Waals surface area contributed by atoms with Crippen LogP contribution in [0.5, 0.6) is 5.75 Å². The first-order valence-electron chi connectivity index (χ1n) is 9.43. The van der Waals surface area contributed by atoms with Crippen LogP contribution < -0.4 is 10.1 Å². The molecule has 0 atom stereocenters. The second-order valence-corrected chi connectivity index (χ2v) is 8.41. The number of nitrogens with one attached hydrogen (secondary N) is 1. The van der Waals surface area contributed by atoms with Gasteiger partial charge in [0.05, 0.1) is 31.3 Å². The van der Waals surface area contributed by atoms with Gasteiger partial charge in [-0.3, -0.25) is 9.89 Å². The zero-order chi connectivity index (χ0) is 20.9. The minimum Gasteiger partial charge on any atom is -0.495 e. The highest BCUT2D eigenvalue weighted by atomic mass is 32.1. The van der Waals surface area contributed by atoms with Gasteiger partial charge in [0, 0.05) is 24.2 Å². The van der Waals surface area contributed by atoms with Crippen LogP contribution in [-0.2, 0) is 19.5 Å². The van der Waals surface area contributed by atoms with Crippen molar-refractivity contribution in [3.8, 4) is 5.75 Å². The Kier molecular flexibility index (Phi) is 4.62. The molecule has 0 amide bonds. The van der Waals surface area contributed by atoms with Crippen LogP contribution in [0, 0.1) is 0 Å². The van der Waals surface area contributed by atoms with Gasteiger partial charge in [-0.1, -0.05) is 0 Å².